The molecule has 1 heterocycles. The molecule has 8 heteroatoms. The summed E-state index contributed by atoms with van der Waals surface area (Å²) < 4.78 is 65.6. The van der Waals surface area contributed by atoms with Crippen molar-refractivity contribution in [2.75, 3.05) is 13.1 Å². The van der Waals surface area contributed by atoms with Crippen molar-refractivity contribution in [2.24, 2.45) is 5.14 Å². The maximum Gasteiger partial charge on any atom is 0.418 e. The molecule has 0 spiro atoms. The van der Waals surface area contributed by atoms with Gasteiger partial charge in [-0.15, -0.1) is 0 Å². The van der Waals surface area contributed by atoms with E-state index in [1.807, 2.05) is 0 Å². The topological polar surface area (TPSA) is 72.2 Å². The lowest BCUT2D eigenvalue weighted by Gasteiger charge is -2.29. The van der Waals surface area contributed by atoms with Gasteiger partial charge in [0.1, 0.15) is 0 Å². The van der Waals surface area contributed by atoms with Gasteiger partial charge in [-0.1, -0.05) is 36.4 Å². The molecule has 2 aromatic carbocycles. The fourth-order valence-electron chi connectivity index (χ4n) is 3.53. The Morgan fingerprint density at radius 3 is 2.15 bits per heavy atom. The Labute approximate surface area is 150 Å². The average molecular weight is 384 g/mol. The van der Waals surface area contributed by atoms with Gasteiger partial charge < -0.3 is 5.32 Å². The highest BCUT2D eigenvalue weighted by Crippen LogP contribution is 2.45. The van der Waals surface area contributed by atoms with Crippen LogP contribution in [0.15, 0.2) is 47.4 Å². The quantitative estimate of drug-likeness (QED) is 0.851. The summed E-state index contributed by atoms with van der Waals surface area (Å²) in [7, 11) is -4.51. The van der Waals surface area contributed by atoms with E-state index in [9.17, 15) is 21.6 Å². The number of alkyl halides is 3. The Kier molecular flexibility index (Phi) is 5.09. The number of benzene rings is 2. The van der Waals surface area contributed by atoms with Crippen molar-refractivity contribution in [3.63, 3.8) is 0 Å². The molecular weight excluding hydrogens is 365 g/mol. The summed E-state index contributed by atoms with van der Waals surface area (Å²) in [5, 5.41) is 8.22. The highest BCUT2D eigenvalue weighted by molar-refractivity contribution is 7.89. The molecule has 0 saturated carbocycles. The number of sulfonamides is 1. The van der Waals surface area contributed by atoms with E-state index in [1.165, 1.54) is 6.07 Å². The molecule has 2 aromatic rings. The van der Waals surface area contributed by atoms with Crippen LogP contribution in [0.2, 0.25) is 0 Å². The second kappa shape index (κ2) is 7.02. The molecule has 1 saturated heterocycles. The van der Waals surface area contributed by atoms with Crippen LogP contribution < -0.4 is 10.5 Å². The molecule has 1 aliphatic rings. The lowest BCUT2D eigenvalue weighted by atomic mass is 9.82. The first-order valence-corrected chi connectivity index (χ1v) is 9.77. The third kappa shape index (κ3) is 3.77. The number of rotatable bonds is 3. The molecule has 1 aliphatic heterocycles. The third-order valence-corrected chi connectivity index (χ3v) is 5.58. The summed E-state index contributed by atoms with van der Waals surface area (Å²) in [6.07, 6.45) is -3.83. The lowest BCUT2D eigenvalue weighted by molar-refractivity contribution is -0.140. The fraction of sp³-hybridized carbons (Fsp3) is 0.333. The molecule has 3 N–H and O–H groups in total. The van der Waals surface area contributed by atoms with Gasteiger partial charge in [-0.2, -0.15) is 13.2 Å². The second-order valence-corrected chi connectivity index (χ2v) is 7.86. The molecule has 26 heavy (non-hydrogen) atoms. The van der Waals surface area contributed by atoms with Gasteiger partial charge in [0, 0.05) is 0 Å². The number of halogens is 3. The Morgan fingerprint density at radius 1 is 1.00 bits per heavy atom. The van der Waals surface area contributed by atoms with Crippen LogP contribution in [0.5, 0.6) is 0 Å². The van der Waals surface area contributed by atoms with Gasteiger partial charge in [-0.05, 0) is 54.6 Å². The van der Waals surface area contributed by atoms with Gasteiger partial charge in [0.25, 0.3) is 0 Å². The van der Waals surface area contributed by atoms with Crippen molar-refractivity contribution in [2.45, 2.75) is 29.8 Å². The van der Waals surface area contributed by atoms with E-state index in [0.717, 1.165) is 6.07 Å². The first-order chi connectivity index (χ1) is 12.2. The summed E-state index contributed by atoms with van der Waals surface area (Å²) in [4.78, 5) is -0.863. The number of hydrogen-bond donors (Lipinski definition) is 2. The van der Waals surface area contributed by atoms with Crippen molar-refractivity contribution < 1.29 is 21.6 Å². The van der Waals surface area contributed by atoms with Crippen LogP contribution in [0, 0.1) is 0 Å². The third-order valence-electron chi connectivity index (χ3n) is 4.63. The second-order valence-electron chi connectivity index (χ2n) is 6.33. The largest absolute Gasteiger partial charge is 0.418 e. The van der Waals surface area contributed by atoms with Crippen molar-refractivity contribution in [3.8, 4) is 11.1 Å². The van der Waals surface area contributed by atoms with Crippen LogP contribution in [0.1, 0.15) is 29.9 Å². The van der Waals surface area contributed by atoms with Crippen molar-refractivity contribution >= 4 is 10.0 Å². The van der Waals surface area contributed by atoms with E-state index in [1.54, 1.807) is 30.3 Å². The standard InChI is InChI=1S/C18H19F3N2O2S/c19-18(20,21)17-15(26(22,24)25)7-6-14(12-4-2-1-3-5-12)16(17)13-8-10-23-11-9-13/h1-7,13,23H,8-11H2,(H2,22,24,25). The molecule has 0 atom stereocenters. The van der Waals surface area contributed by atoms with Gasteiger partial charge in [-0.25, -0.2) is 13.6 Å². The van der Waals surface area contributed by atoms with Crippen LogP contribution >= 0.6 is 0 Å². The molecule has 0 amide bonds. The molecule has 0 aliphatic carbocycles. The predicted octanol–water partition coefficient (Wildman–Crippen LogP) is 3.49. The van der Waals surface area contributed by atoms with E-state index in [-0.39, 0.29) is 5.56 Å². The van der Waals surface area contributed by atoms with E-state index >= 15 is 0 Å². The van der Waals surface area contributed by atoms with E-state index in [0.29, 0.717) is 37.1 Å². The zero-order valence-corrected chi connectivity index (χ0v) is 14.7. The highest BCUT2D eigenvalue weighted by atomic mass is 32.2. The van der Waals surface area contributed by atoms with Crippen LogP contribution in [-0.4, -0.2) is 21.5 Å². The van der Waals surface area contributed by atoms with E-state index < -0.39 is 32.6 Å². The Morgan fingerprint density at radius 2 is 1.62 bits per heavy atom. The lowest BCUT2D eigenvalue weighted by Crippen LogP contribution is -2.29. The Hall–Kier alpha value is -1.90. The van der Waals surface area contributed by atoms with Crippen LogP contribution in [0.3, 0.4) is 0 Å². The molecule has 4 nitrogen and oxygen atoms in total. The normalized spacial score (nSPS) is 16.6. The van der Waals surface area contributed by atoms with E-state index in [4.69, 9.17) is 5.14 Å². The monoisotopic (exact) mass is 384 g/mol. The van der Waals surface area contributed by atoms with Crippen molar-refractivity contribution in [3.05, 3.63) is 53.6 Å². The minimum atomic E-state index is -4.83. The van der Waals surface area contributed by atoms with Crippen molar-refractivity contribution in [1.29, 1.82) is 0 Å². The smallest absolute Gasteiger partial charge is 0.317 e. The SMILES string of the molecule is NS(=O)(=O)c1ccc(-c2ccccc2)c(C2CCNCC2)c1C(F)(F)F. The number of nitrogens with two attached hydrogens (primary N) is 1. The zero-order valence-electron chi connectivity index (χ0n) is 13.9. The molecule has 0 aromatic heterocycles. The first-order valence-electron chi connectivity index (χ1n) is 8.22. The number of piperidine rings is 1. The number of hydrogen-bond acceptors (Lipinski definition) is 3. The van der Waals surface area contributed by atoms with Crippen molar-refractivity contribution in [1.82, 2.24) is 5.32 Å². The fourth-order valence-corrected chi connectivity index (χ4v) is 4.30. The maximum absolute atomic E-state index is 14.0. The molecule has 3 rings (SSSR count). The van der Waals surface area contributed by atoms with Gasteiger partial charge in [0.15, 0.2) is 0 Å². The van der Waals surface area contributed by atoms with Crippen LogP contribution in [-0.2, 0) is 16.2 Å². The predicted molar refractivity (Wildman–Crippen MR) is 93.1 cm³/mol. The molecule has 1 fully saturated rings. The summed E-state index contributed by atoms with van der Waals surface area (Å²) in [5.74, 6) is -0.398. The minimum Gasteiger partial charge on any atom is -0.317 e. The summed E-state index contributed by atoms with van der Waals surface area (Å²) in [5.41, 5.74) is -0.0882. The molecular formula is C18H19F3N2O2S. The zero-order chi connectivity index (χ0) is 18.9. The first kappa shape index (κ1) is 18.9. The van der Waals surface area contributed by atoms with Crippen LogP contribution in [0.25, 0.3) is 11.1 Å². The van der Waals surface area contributed by atoms with E-state index in [2.05, 4.69) is 5.32 Å². The minimum absolute atomic E-state index is 0.0247. The van der Waals surface area contributed by atoms with Gasteiger partial charge in [0.05, 0.1) is 10.5 Å². The Balaban J connectivity index is 2.36. The molecule has 0 bridgehead atoms. The molecule has 0 radical (unpaired) electrons. The number of primary sulfonamides is 1. The molecule has 140 valence electrons. The summed E-state index contributed by atoms with van der Waals surface area (Å²) in [6.45, 7) is 1.16. The number of nitrogens with one attached hydrogen (secondary N) is 1. The summed E-state index contributed by atoms with van der Waals surface area (Å²) >= 11 is 0. The average Bonchev–Trinajstić information content (AvgIpc) is 2.60. The maximum atomic E-state index is 14.0. The van der Waals surface area contributed by atoms with Gasteiger partial charge >= 0.3 is 6.18 Å². The highest BCUT2D eigenvalue weighted by Gasteiger charge is 2.42. The van der Waals surface area contributed by atoms with Gasteiger partial charge in [-0.3, -0.25) is 0 Å². The summed E-state index contributed by atoms with van der Waals surface area (Å²) in [6, 6.07) is 11.1. The Bertz CT molecular complexity index is 891. The van der Waals surface area contributed by atoms with Gasteiger partial charge in [0.2, 0.25) is 10.0 Å². The molecule has 0 unspecified atom stereocenters. The van der Waals surface area contributed by atoms with Crippen LogP contribution in [0.4, 0.5) is 13.2 Å².